The third-order valence-electron chi connectivity index (χ3n) is 3.18. The molecule has 0 aliphatic carbocycles. The molecule has 2 aromatic carbocycles. The van der Waals surface area contributed by atoms with Crippen LogP contribution in [0.3, 0.4) is 0 Å². The maximum absolute atomic E-state index is 10.8. The van der Waals surface area contributed by atoms with Gasteiger partial charge in [-0.05, 0) is 43.7 Å². The van der Waals surface area contributed by atoms with Crippen molar-refractivity contribution < 1.29 is 9.84 Å². The summed E-state index contributed by atoms with van der Waals surface area (Å²) in [5, 5.41) is 11.3. The number of hydrogen-bond donors (Lipinski definition) is 1. The highest BCUT2D eigenvalue weighted by Crippen LogP contribution is 2.35. The lowest BCUT2D eigenvalue weighted by Gasteiger charge is -2.26. The summed E-state index contributed by atoms with van der Waals surface area (Å²) in [5.41, 5.74) is 0.291. The molecule has 0 saturated heterocycles. The molecule has 0 amide bonds. The fourth-order valence-corrected chi connectivity index (χ4v) is 2.94. The minimum Gasteiger partial charge on any atom is -0.494 e. The van der Waals surface area contributed by atoms with Crippen LogP contribution in [-0.4, -0.2) is 11.7 Å². The van der Waals surface area contributed by atoms with E-state index in [0.717, 1.165) is 15.8 Å². The lowest BCUT2D eigenvalue weighted by atomic mass is 9.88. The molecule has 2 aromatic rings. The van der Waals surface area contributed by atoms with Crippen LogP contribution in [0.25, 0.3) is 0 Å². The molecule has 106 valence electrons. The Hall–Kier alpha value is -1.03. The van der Waals surface area contributed by atoms with Gasteiger partial charge < -0.3 is 9.84 Å². The van der Waals surface area contributed by atoms with Crippen LogP contribution in [0.5, 0.6) is 5.75 Å². The van der Waals surface area contributed by atoms with Crippen molar-refractivity contribution in [3.63, 3.8) is 0 Å². The number of rotatable bonds is 4. The number of aliphatic hydroxyl groups is 1. The molecule has 0 saturated carbocycles. The fourth-order valence-electron chi connectivity index (χ4n) is 2.08. The fraction of sp³-hybridized carbons (Fsp3) is 0.250. The lowest BCUT2D eigenvalue weighted by molar-refractivity contribution is 0.102. The largest absolute Gasteiger partial charge is 0.494 e. The first-order valence-electron chi connectivity index (χ1n) is 6.36. The predicted octanol–water partition coefficient (Wildman–Crippen LogP) is 4.76. The standard InChI is InChI=1S/C16H16BrClO2/c1-3-20-13-7-4-11(5-8-13)16(2,19)14-9-6-12(17)10-15(14)18/h4-10,19H,3H2,1-2H3. The highest BCUT2D eigenvalue weighted by Gasteiger charge is 2.28. The second kappa shape index (κ2) is 6.17. The lowest BCUT2D eigenvalue weighted by Crippen LogP contribution is -2.23. The molecule has 0 fully saturated rings. The van der Waals surface area contributed by atoms with E-state index >= 15 is 0 Å². The van der Waals surface area contributed by atoms with E-state index < -0.39 is 5.60 Å². The Labute approximate surface area is 132 Å². The highest BCUT2D eigenvalue weighted by molar-refractivity contribution is 9.10. The van der Waals surface area contributed by atoms with Gasteiger partial charge in [0.15, 0.2) is 0 Å². The summed E-state index contributed by atoms with van der Waals surface area (Å²) in [7, 11) is 0. The molecular formula is C16H16BrClO2. The third-order valence-corrected chi connectivity index (χ3v) is 3.99. The molecule has 0 aliphatic heterocycles. The molecule has 0 radical (unpaired) electrons. The number of benzene rings is 2. The Morgan fingerprint density at radius 2 is 1.85 bits per heavy atom. The molecule has 2 nitrogen and oxygen atoms in total. The predicted molar refractivity (Wildman–Crippen MR) is 85.4 cm³/mol. The van der Waals surface area contributed by atoms with Gasteiger partial charge in [-0.2, -0.15) is 0 Å². The van der Waals surface area contributed by atoms with Gasteiger partial charge >= 0.3 is 0 Å². The summed E-state index contributed by atoms with van der Waals surface area (Å²) in [5.74, 6) is 0.786. The van der Waals surface area contributed by atoms with Gasteiger partial charge in [0.1, 0.15) is 11.4 Å². The van der Waals surface area contributed by atoms with Crippen LogP contribution < -0.4 is 4.74 Å². The van der Waals surface area contributed by atoms with Crippen LogP contribution in [0.15, 0.2) is 46.9 Å². The Balaban J connectivity index is 2.38. The Bertz CT molecular complexity index is 594. The average molecular weight is 356 g/mol. The number of halogens is 2. The second-order valence-corrected chi connectivity index (χ2v) is 5.98. The van der Waals surface area contributed by atoms with Crippen molar-refractivity contribution in [2.24, 2.45) is 0 Å². The summed E-state index contributed by atoms with van der Waals surface area (Å²) in [6.45, 7) is 4.29. The smallest absolute Gasteiger partial charge is 0.119 e. The zero-order chi connectivity index (χ0) is 14.8. The molecule has 0 heterocycles. The van der Waals surface area contributed by atoms with Gasteiger partial charge in [-0.3, -0.25) is 0 Å². The van der Waals surface area contributed by atoms with Crippen LogP contribution in [0.2, 0.25) is 5.02 Å². The molecule has 1 atom stereocenters. The summed E-state index contributed by atoms with van der Waals surface area (Å²) in [4.78, 5) is 0. The molecule has 0 bridgehead atoms. The van der Waals surface area contributed by atoms with Gasteiger partial charge in [0, 0.05) is 15.1 Å². The normalized spacial score (nSPS) is 13.8. The van der Waals surface area contributed by atoms with Crippen molar-refractivity contribution in [1.29, 1.82) is 0 Å². The zero-order valence-electron chi connectivity index (χ0n) is 11.4. The summed E-state index contributed by atoms with van der Waals surface area (Å²) >= 11 is 9.59. The topological polar surface area (TPSA) is 29.5 Å². The van der Waals surface area contributed by atoms with Gasteiger partial charge in [-0.25, -0.2) is 0 Å². The van der Waals surface area contributed by atoms with Crippen molar-refractivity contribution in [1.82, 2.24) is 0 Å². The molecule has 20 heavy (non-hydrogen) atoms. The molecule has 0 aliphatic rings. The van der Waals surface area contributed by atoms with Crippen molar-refractivity contribution in [3.05, 3.63) is 63.1 Å². The van der Waals surface area contributed by atoms with Gasteiger partial charge in [0.05, 0.1) is 6.61 Å². The van der Waals surface area contributed by atoms with Crippen LogP contribution in [0.4, 0.5) is 0 Å². The second-order valence-electron chi connectivity index (χ2n) is 4.65. The van der Waals surface area contributed by atoms with Gasteiger partial charge in [-0.15, -0.1) is 0 Å². The van der Waals surface area contributed by atoms with Crippen LogP contribution in [-0.2, 0) is 5.60 Å². The van der Waals surface area contributed by atoms with Crippen molar-refractivity contribution in [3.8, 4) is 5.75 Å². The zero-order valence-corrected chi connectivity index (χ0v) is 13.7. The Morgan fingerprint density at radius 3 is 2.40 bits per heavy atom. The monoisotopic (exact) mass is 354 g/mol. The molecule has 1 unspecified atom stereocenters. The quantitative estimate of drug-likeness (QED) is 0.857. The molecule has 0 spiro atoms. The van der Waals surface area contributed by atoms with Crippen molar-refractivity contribution >= 4 is 27.5 Å². The number of ether oxygens (including phenoxy) is 1. The number of hydrogen-bond acceptors (Lipinski definition) is 2. The maximum Gasteiger partial charge on any atom is 0.119 e. The van der Waals surface area contributed by atoms with Gasteiger partial charge in [-0.1, -0.05) is 45.7 Å². The Kier molecular flexibility index (Phi) is 4.74. The molecule has 1 N–H and O–H groups in total. The van der Waals surface area contributed by atoms with Crippen LogP contribution >= 0.6 is 27.5 Å². The Morgan fingerprint density at radius 1 is 1.20 bits per heavy atom. The van der Waals surface area contributed by atoms with Crippen LogP contribution in [0, 0.1) is 0 Å². The SMILES string of the molecule is CCOc1ccc(C(C)(O)c2ccc(Br)cc2Cl)cc1. The highest BCUT2D eigenvalue weighted by atomic mass is 79.9. The van der Waals surface area contributed by atoms with Crippen molar-refractivity contribution in [2.45, 2.75) is 19.4 Å². The first kappa shape index (κ1) is 15.4. The van der Waals surface area contributed by atoms with E-state index in [-0.39, 0.29) is 0 Å². The van der Waals surface area contributed by atoms with E-state index in [4.69, 9.17) is 16.3 Å². The van der Waals surface area contributed by atoms with Gasteiger partial charge in [0.2, 0.25) is 0 Å². The van der Waals surface area contributed by atoms with E-state index in [2.05, 4.69) is 15.9 Å². The minimum atomic E-state index is -1.15. The average Bonchev–Trinajstić information content (AvgIpc) is 2.39. The van der Waals surface area contributed by atoms with E-state index in [9.17, 15) is 5.11 Å². The summed E-state index contributed by atoms with van der Waals surface area (Å²) in [6, 6.07) is 12.9. The van der Waals surface area contributed by atoms with E-state index in [1.807, 2.05) is 43.3 Å². The third kappa shape index (κ3) is 3.17. The maximum atomic E-state index is 10.8. The van der Waals surface area contributed by atoms with Crippen LogP contribution in [0.1, 0.15) is 25.0 Å². The summed E-state index contributed by atoms with van der Waals surface area (Å²) in [6.07, 6.45) is 0. The molecule has 0 aromatic heterocycles. The molecule has 2 rings (SSSR count). The van der Waals surface area contributed by atoms with Crippen molar-refractivity contribution in [2.75, 3.05) is 6.61 Å². The van der Waals surface area contributed by atoms with E-state index in [0.29, 0.717) is 17.2 Å². The first-order chi connectivity index (χ1) is 9.45. The first-order valence-corrected chi connectivity index (χ1v) is 7.53. The molecule has 4 heteroatoms. The van der Waals surface area contributed by atoms with E-state index in [1.54, 1.807) is 13.0 Å². The summed E-state index contributed by atoms with van der Waals surface area (Å²) < 4.78 is 6.29. The van der Waals surface area contributed by atoms with E-state index in [1.165, 1.54) is 0 Å². The minimum absolute atomic E-state index is 0.526. The van der Waals surface area contributed by atoms with Gasteiger partial charge in [0.25, 0.3) is 0 Å². The molecular weight excluding hydrogens is 340 g/mol.